The molecule has 2 rings (SSSR count). The van der Waals surface area contributed by atoms with Gasteiger partial charge in [-0.1, -0.05) is 42.0 Å². The average molecular weight is 331 g/mol. The summed E-state index contributed by atoms with van der Waals surface area (Å²) in [7, 11) is 0. The molecule has 4 heteroatoms. The van der Waals surface area contributed by atoms with Crippen LogP contribution >= 0.6 is 11.8 Å². The predicted molar refractivity (Wildman–Crippen MR) is 94.8 cm³/mol. The lowest BCUT2D eigenvalue weighted by atomic mass is 10.2. The van der Waals surface area contributed by atoms with Crippen molar-refractivity contribution < 1.29 is 9.18 Å². The molecule has 0 saturated heterocycles. The number of halogens is 1. The van der Waals surface area contributed by atoms with Crippen LogP contribution in [0.4, 0.5) is 4.39 Å². The van der Waals surface area contributed by atoms with E-state index in [1.54, 1.807) is 22.7 Å². The van der Waals surface area contributed by atoms with Crippen molar-refractivity contribution in [3.63, 3.8) is 0 Å². The van der Waals surface area contributed by atoms with Crippen LogP contribution < -0.4 is 0 Å². The number of amides is 1. The minimum Gasteiger partial charge on any atom is -0.338 e. The average Bonchev–Trinajstić information content (AvgIpc) is 2.52. The highest BCUT2D eigenvalue weighted by atomic mass is 32.2. The Bertz CT molecular complexity index is 659. The highest BCUT2D eigenvalue weighted by Crippen LogP contribution is 2.15. The second kappa shape index (κ2) is 8.73. The maximum absolute atomic E-state index is 13.2. The molecule has 0 bridgehead atoms. The second-order valence-corrected chi connectivity index (χ2v) is 6.51. The number of aryl methyl sites for hydroxylation is 1. The number of hydrogen-bond donors (Lipinski definition) is 0. The molecule has 0 unspecified atom stereocenters. The van der Waals surface area contributed by atoms with Gasteiger partial charge < -0.3 is 4.90 Å². The molecule has 23 heavy (non-hydrogen) atoms. The first-order chi connectivity index (χ1) is 11.1. The zero-order chi connectivity index (χ0) is 16.7. The fourth-order valence-corrected chi connectivity index (χ4v) is 3.26. The van der Waals surface area contributed by atoms with Crippen molar-refractivity contribution >= 4 is 17.7 Å². The molecule has 2 aromatic rings. The van der Waals surface area contributed by atoms with Crippen LogP contribution in [0.1, 0.15) is 23.6 Å². The Morgan fingerprint density at radius 1 is 1.13 bits per heavy atom. The molecule has 0 aliphatic heterocycles. The summed E-state index contributed by atoms with van der Waals surface area (Å²) >= 11 is 1.62. The number of carbonyl (C=O) groups is 1. The molecule has 0 aliphatic rings. The SMILES string of the molecule is CCN(Cc1cccc(F)c1)C(=O)CSCc1cccc(C)c1. The van der Waals surface area contributed by atoms with E-state index in [0.29, 0.717) is 18.8 Å². The molecule has 0 fully saturated rings. The molecule has 2 nitrogen and oxygen atoms in total. The van der Waals surface area contributed by atoms with Gasteiger partial charge in [0.25, 0.3) is 0 Å². The van der Waals surface area contributed by atoms with E-state index in [0.717, 1.165) is 11.3 Å². The normalized spacial score (nSPS) is 10.6. The van der Waals surface area contributed by atoms with E-state index in [1.807, 2.05) is 19.1 Å². The van der Waals surface area contributed by atoms with E-state index in [4.69, 9.17) is 0 Å². The van der Waals surface area contributed by atoms with Crippen LogP contribution in [0, 0.1) is 12.7 Å². The van der Waals surface area contributed by atoms with E-state index < -0.39 is 0 Å². The van der Waals surface area contributed by atoms with Gasteiger partial charge in [0.05, 0.1) is 5.75 Å². The highest BCUT2D eigenvalue weighted by Gasteiger charge is 2.12. The maximum Gasteiger partial charge on any atom is 0.232 e. The molecule has 0 N–H and O–H groups in total. The van der Waals surface area contributed by atoms with Crippen LogP contribution in [-0.2, 0) is 17.1 Å². The summed E-state index contributed by atoms with van der Waals surface area (Å²) in [5.74, 6) is 1.09. The number of rotatable bonds is 7. The van der Waals surface area contributed by atoms with Crippen molar-refractivity contribution in [1.82, 2.24) is 4.90 Å². The Morgan fingerprint density at radius 2 is 1.87 bits per heavy atom. The Balaban J connectivity index is 1.85. The molecule has 0 saturated carbocycles. The lowest BCUT2D eigenvalue weighted by Crippen LogP contribution is -2.31. The van der Waals surface area contributed by atoms with Crippen LogP contribution in [0.3, 0.4) is 0 Å². The second-order valence-electron chi connectivity index (χ2n) is 5.52. The van der Waals surface area contributed by atoms with Gasteiger partial charge in [-0.05, 0) is 37.1 Å². The third-order valence-electron chi connectivity index (χ3n) is 3.57. The molecular formula is C19H22FNOS. The Kier molecular flexibility index (Phi) is 6.66. The van der Waals surface area contributed by atoms with Gasteiger partial charge in [0.15, 0.2) is 0 Å². The maximum atomic E-state index is 13.2. The third-order valence-corrected chi connectivity index (χ3v) is 4.56. The molecule has 1 amide bonds. The quantitative estimate of drug-likeness (QED) is 0.749. The standard InChI is InChI=1S/C19H22FNOS/c1-3-21(12-16-7-5-9-18(20)11-16)19(22)14-23-13-17-8-4-6-15(2)10-17/h4-11H,3,12-14H2,1-2H3. The Morgan fingerprint density at radius 3 is 2.57 bits per heavy atom. The first kappa shape index (κ1) is 17.5. The monoisotopic (exact) mass is 331 g/mol. The summed E-state index contributed by atoms with van der Waals surface area (Å²) in [5, 5.41) is 0. The molecule has 0 aliphatic carbocycles. The molecule has 2 aromatic carbocycles. The molecule has 0 spiro atoms. The summed E-state index contributed by atoms with van der Waals surface area (Å²) in [6.45, 7) is 5.10. The lowest BCUT2D eigenvalue weighted by molar-refractivity contribution is -0.128. The van der Waals surface area contributed by atoms with Crippen LogP contribution in [0.25, 0.3) is 0 Å². The number of thioether (sulfide) groups is 1. The van der Waals surface area contributed by atoms with Crippen LogP contribution in [-0.4, -0.2) is 23.1 Å². The highest BCUT2D eigenvalue weighted by molar-refractivity contribution is 7.99. The largest absolute Gasteiger partial charge is 0.338 e. The smallest absolute Gasteiger partial charge is 0.232 e. The minimum atomic E-state index is -0.264. The molecular weight excluding hydrogens is 309 g/mol. The van der Waals surface area contributed by atoms with Gasteiger partial charge in [-0.25, -0.2) is 4.39 Å². The predicted octanol–water partition coefficient (Wildman–Crippen LogP) is 4.42. The van der Waals surface area contributed by atoms with Gasteiger partial charge in [0, 0.05) is 18.8 Å². The zero-order valence-corrected chi connectivity index (χ0v) is 14.4. The van der Waals surface area contributed by atoms with Gasteiger partial charge >= 0.3 is 0 Å². The molecule has 122 valence electrons. The summed E-state index contributed by atoms with van der Waals surface area (Å²) in [5.41, 5.74) is 3.29. The fraction of sp³-hybridized carbons (Fsp3) is 0.316. The molecule has 0 heterocycles. The van der Waals surface area contributed by atoms with E-state index in [2.05, 4.69) is 25.1 Å². The van der Waals surface area contributed by atoms with Gasteiger partial charge in [-0.3, -0.25) is 4.79 Å². The van der Waals surface area contributed by atoms with E-state index >= 15 is 0 Å². The first-order valence-electron chi connectivity index (χ1n) is 7.74. The third kappa shape index (κ3) is 5.71. The molecule has 0 radical (unpaired) electrons. The van der Waals surface area contributed by atoms with Crippen molar-refractivity contribution in [3.8, 4) is 0 Å². The van der Waals surface area contributed by atoms with Gasteiger partial charge in [0.1, 0.15) is 5.82 Å². The summed E-state index contributed by atoms with van der Waals surface area (Å²) < 4.78 is 13.2. The number of nitrogens with zero attached hydrogens (tertiary/aromatic N) is 1. The zero-order valence-electron chi connectivity index (χ0n) is 13.6. The van der Waals surface area contributed by atoms with E-state index in [1.165, 1.54) is 23.3 Å². The van der Waals surface area contributed by atoms with Crippen LogP contribution in [0.15, 0.2) is 48.5 Å². The van der Waals surface area contributed by atoms with E-state index in [9.17, 15) is 9.18 Å². The molecule has 0 atom stereocenters. The number of carbonyl (C=O) groups excluding carboxylic acids is 1. The van der Waals surface area contributed by atoms with Crippen LogP contribution in [0.5, 0.6) is 0 Å². The number of hydrogen-bond acceptors (Lipinski definition) is 2. The van der Waals surface area contributed by atoms with Crippen molar-refractivity contribution in [2.45, 2.75) is 26.1 Å². The first-order valence-corrected chi connectivity index (χ1v) is 8.89. The van der Waals surface area contributed by atoms with E-state index in [-0.39, 0.29) is 11.7 Å². The van der Waals surface area contributed by atoms with Gasteiger partial charge in [0.2, 0.25) is 5.91 Å². The van der Waals surface area contributed by atoms with Gasteiger partial charge in [-0.2, -0.15) is 0 Å². The minimum absolute atomic E-state index is 0.0921. The number of benzene rings is 2. The van der Waals surface area contributed by atoms with Crippen molar-refractivity contribution in [1.29, 1.82) is 0 Å². The topological polar surface area (TPSA) is 20.3 Å². The lowest BCUT2D eigenvalue weighted by Gasteiger charge is -2.21. The molecule has 0 aromatic heterocycles. The Labute approximate surface area is 141 Å². The van der Waals surface area contributed by atoms with Crippen molar-refractivity contribution in [2.75, 3.05) is 12.3 Å². The van der Waals surface area contributed by atoms with Crippen molar-refractivity contribution in [2.24, 2.45) is 0 Å². The fourth-order valence-electron chi connectivity index (χ4n) is 2.38. The Hall–Kier alpha value is -1.81. The summed E-state index contributed by atoms with van der Waals surface area (Å²) in [6, 6.07) is 14.7. The van der Waals surface area contributed by atoms with Crippen molar-refractivity contribution in [3.05, 3.63) is 71.0 Å². The van der Waals surface area contributed by atoms with Gasteiger partial charge in [-0.15, -0.1) is 11.8 Å². The summed E-state index contributed by atoms with van der Waals surface area (Å²) in [6.07, 6.45) is 0. The summed E-state index contributed by atoms with van der Waals surface area (Å²) in [4.78, 5) is 14.1. The van der Waals surface area contributed by atoms with Crippen LogP contribution in [0.2, 0.25) is 0 Å².